The van der Waals surface area contributed by atoms with Crippen LogP contribution in [0.2, 0.25) is 0 Å². The Bertz CT molecular complexity index is 818. The maximum Gasteiger partial charge on any atom is 0.313 e. The summed E-state index contributed by atoms with van der Waals surface area (Å²) in [6, 6.07) is 12.4. The molecule has 1 amide bonds. The number of hydrogen-bond acceptors (Lipinski definition) is 5. The zero-order valence-corrected chi connectivity index (χ0v) is 15.9. The van der Waals surface area contributed by atoms with Crippen LogP contribution in [0.25, 0.3) is 6.08 Å². The van der Waals surface area contributed by atoms with Gasteiger partial charge in [-0.3, -0.25) is 9.59 Å². The fourth-order valence-electron chi connectivity index (χ4n) is 2.20. The Hall–Kier alpha value is -2.93. The van der Waals surface area contributed by atoms with Crippen molar-refractivity contribution in [3.63, 3.8) is 0 Å². The van der Waals surface area contributed by atoms with E-state index in [-0.39, 0.29) is 11.7 Å². The Morgan fingerprint density at radius 1 is 1.15 bits per heavy atom. The monoisotopic (exact) mass is 387 g/mol. The van der Waals surface area contributed by atoms with Gasteiger partial charge < -0.3 is 19.9 Å². The van der Waals surface area contributed by atoms with Crippen LogP contribution in [0.3, 0.4) is 0 Å². The molecule has 0 aliphatic carbocycles. The van der Waals surface area contributed by atoms with Crippen LogP contribution < -0.4 is 14.8 Å². The van der Waals surface area contributed by atoms with Crippen molar-refractivity contribution in [2.75, 3.05) is 24.8 Å². The van der Waals surface area contributed by atoms with E-state index in [0.29, 0.717) is 23.8 Å². The minimum atomic E-state index is -0.867. The van der Waals surface area contributed by atoms with Gasteiger partial charge in [0.25, 0.3) is 0 Å². The van der Waals surface area contributed by atoms with E-state index in [1.165, 1.54) is 17.8 Å². The highest BCUT2D eigenvalue weighted by atomic mass is 32.2. The molecule has 2 N–H and O–H groups in total. The molecule has 27 heavy (non-hydrogen) atoms. The molecule has 0 fully saturated rings. The number of carbonyl (C=O) groups excluding carboxylic acids is 1. The molecule has 0 aliphatic heterocycles. The highest BCUT2D eigenvalue weighted by Gasteiger charge is 2.05. The Morgan fingerprint density at radius 2 is 1.89 bits per heavy atom. The van der Waals surface area contributed by atoms with Crippen LogP contribution in [0.1, 0.15) is 12.5 Å². The highest BCUT2D eigenvalue weighted by molar-refractivity contribution is 8.00. The van der Waals surface area contributed by atoms with Gasteiger partial charge in [-0.25, -0.2) is 0 Å². The van der Waals surface area contributed by atoms with Crippen molar-refractivity contribution < 1.29 is 24.2 Å². The van der Waals surface area contributed by atoms with Crippen molar-refractivity contribution >= 4 is 35.4 Å². The molecular formula is C20H21NO5S. The molecule has 0 radical (unpaired) electrons. The number of ether oxygens (including phenoxy) is 2. The van der Waals surface area contributed by atoms with Gasteiger partial charge in [0.2, 0.25) is 5.91 Å². The smallest absolute Gasteiger partial charge is 0.313 e. The Kier molecular flexibility index (Phi) is 7.76. The van der Waals surface area contributed by atoms with E-state index in [1.54, 1.807) is 49.6 Å². The van der Waals surface area contributed by atoms with Gasteiger partial charge in [0.05, 0.1) is 19.5 Å². The molecule has 0 atom stereocenters. The van der Waals surface area contributed by atoms with Gasteiger partial charge in [0.1, 0.15) is 0 Å². The number of benzene rings is 2. The summed E-state index contributed by atoms with van der Waals surface area (Å²) in [5.74, 6) is 0.125. The lowest BCUT2D eigenvalue weighted by atomic mass is 10.2. The molecule has 7 heteroatoms. The van der Waals surface area contributed by atoms with Crippen LogP contribution >= 0.6 is 11.8 Å². The Labute approximate surface area is 162 Å². The Morgan fingerprint density at radius 3 is 2.52 bits per heavy atom. The minimum Gasteiger partial charge on any atom is -0.493 e. The van der Waals surface area contributed by atoms with E-state index in [4.69, 9.17) is 14.6 Å². The van der Waals surface area contributed by atoms with Gasteiger partial charge in [0, 0.05) is 16.7 Å². The Balaban J connectivity index is 1.96. The topological polar surface area (TPSA) is 84.9 Å². The quantitative estimate of drug-likeness (QED) is 0.501. The second-order valence-electron chi connectivity index (χ2n) is 5.37. The summed E-state index contributed by atoms with van der Waals surface area (Å²) in [4.78, 5) is 23.5. The van der Waals surface area contributed by atoms with Crippen LogP contribution in [-0.2, 0) is 9.59 Å². The first-order chi connectivity index (χ1) is 13.0. The first-order valence-electron chi connectivity index (χ1n) is 8.26. The predicted octanol–water partition coefficient (Wildman–Crippen LogP) is 3.92. The number of methoxy groups -OCH3 is 1. The standard InChI is InChI=1S/C20H21NO5S/c1-3-26-18-12-14(4-10-17(18)25-2)5-11-19(22)21-15-6-8-16(9-7-15)27-13-20(23)24/h4-12H,3,13H2,1-2H3,(H,21,22)(H,23,24)/b11-5+. The summed E-state index contributed by atoms with van der Waals surface area (Å²) in [5, 5.41) is 11.4. The summed E-state index contributed by atoms with van der Waals surface area (Å²) < 4.78 is 10.8. The number of amides is 1. The number of anilines is 1. The molecule has 2 aromatic rings. The van der Waals surface area contributed by atoms with Gasteiger partial charge in [0.15, 0.2) is 11.5 Å². The lowest BCUT2D eigenvalue weighted by molar-refractivity contribution is -0.133. The zero-order valence-electron chi connectivity index (χ0n) is 15.1. The zero-order chi connectivity index (χ0) is 19.6. The second kappa shape index (κ2) is 10.3. The molecule has 2 aromatic carbocycles. The number of carbonyl (C=O) groups is 2. The van der Waals surface area contributed by atoms with E-state index in [2.05, 4.69) is 5.32 Å². The number of carboxylic acids is 1. The molecule has 6 nitrogen and oxygen atoms in total. The van der Waals surface area contributed by atoms with Crippen LogP contribution in [0, 0.1) is 0 Å². The molecule has 142 valence electrons. The maximum atomic E-state index is 12.1. The predicted molar refractivity (Wildman–Crippen MR) is 107 cm³/mol. The normalized spacial score (nSPS) is 10.6. The SMILES string of the molecule is CCOc1cc(/C=C/C(=O)Nc2ccc(SCC(=O)O)cc2)ccc1OC. The molecular weight excluding hydrogens is 366 g/mol. The van der Waals surface area contributed by atoms with Gasteiger partial charge in [-0.1, -0.05) is 6.07 Å². The highest BCUT2D eigenvalue weighted by Crippen LogP contribution is 2.28. The van der Waals surface area contributed by atoms with Crippen molar-refractivity contribution in [3.05, 3.63) is 54.1 Å². The molecule has 0 saturated carbocycles. The van der Waals surface area contributed by atoms with Crippen molar-refractivity contribution in [1.29, 1.82) is 0 Å². The molecule has 0 spiro atoms. The summed E-state index contributed by atoms with van der Waals surface area (Å²) >= 11 is 1.22. The number of carboxylic acid groups (broad SMARTS) is 1. The minimum absolute atomic E-state index is 0.0000381. The molecule has 0 aromatic heterocycles. The van der Waals surface area contributed by atoms with E-state index in [9.17, 15) is 9.59 Å². The van der Waals surface area contributed by atoms with Crippen LogP contribution in [0.15, 0.2) is 53.4 Å². The van der Waals surface area contributed by atoms with E-state index in [0.717, 1.165) is 10.5 Å². The fraction of sp³-hybridized carbons (Fsp3) is 0.200. The average Bonchev–Trinajstić information content (AvgIpc) is 2.66. The van der Waals surface area contributed by atoms with Crippen molar-refractivity contribution in [3.8, 4) is 11.5 Å². The third kappa shape index (κ3) is 6.71. The first kappa shape index (κ1) is 20.4. The van der Waals surface area contributed by atoms with E-state index in [1.807, 2.05) is 13.0 Å². The maximum absolute atomic E-state index is 12.1. The lowest BCUT2D eigenvalue weighted by Crippen LogP contribution is -2.07. The number of thioether (sulfide) groups is 1. The van der Waals surface area contributed by atoms with Crippen molar-refractivity contribution in [2.45, 2.75) is 11.8 Å². The lowest BCUT2D eigenvalue weighted by Gasteiger charge is -2.09. The summed E-state index contributed by atoms with van der Waals surface area (Å²) in [5.41, 5.74) is 1.45. The van der Waals surface area contributed by atoms with Crippen LogP contribution in [0.5, 0.6) is 11.5 Å². The number of nitrogens with one attached hydrogen (secondary N) is 1. The summed E-state index contributed by atoms with van der Waals surface area (Å²) in [7, 11) is 1.58. The van der Waals surface area contributed by atoms with Crippen LogP contribution in [0.4, 0.5) is 5.69 Å². The molecule has 0 heterocycles. The largest absolute Gasteiger partial charge is 0.493 e. The third-order valence-corrected chi connectivity index (χ3v) is 4.40. The molecule has 0 bridgehead atoms. The molecule has 0 unspecified atom stereocenters. The number of rotatable bonds is 9. The fourth-order valence-corrected chi connectivity index (χ4v) is 2.82. The van der Waals surface area contributed by atoms with Crippen molar-refractivity contribution in [1.82, 2.24) is 0 Å². The number of aliphatic carboxylic acids is 1. The van der Waals surface area contributed by atoms with Gasteiger partial charge >= 0.3 is 5.97 Å². The van der Waals surface area contributed by atoms with Gasteiger partial charge in [-0.05, 0) is 55.0 Å². The molecule has 0 aliphatic rings. The van der Waals surface area contributed by atoms with Gasteiger partial charge in [-0.2, -0.15) is 0 Å². The molecule has 0 saturated heterocycles. The number of hydrogen-bond donors (Lipinski definition) is 2. The van der Waals surface area contributed by atoms with E-state index < -0.39 is 5.97 Å². The third-order valence-electron chi connectivity index (χ3n) is 3.40. The average molecular weight is 387 g/mol. The summed E-state index contributed by atoms with van der Waals surface area (Å²) in [6.45, 7) is 2.41. The van der Waals surface area contributed by atoms with E-state index >= 15 is 0 Å². The van der Waals surface area contributed by atoms with Gasteiger partial charge in [-0.15, -0.1) is 11.8 Å². The van der Waals surface area contributed by atoms with Crippen LogP contribution in [-0.4, -0.2) is 36.5 Å². The second-order valence-corrected chi connectivity index (χ2v) is 6.42. The molecule has 2 rings (SSSR count). The first-order valence-corrected chi connectivity index (χ1v) is 9.25. The summed E-state index contributed by atoms with van der Waals surface area (Å²) in [6.07, 6.45) is 3.12. The van der Waals surface area contributed by atoms with Crippen molar-refractivity contribution in [2.24, 2.45) is 0 Å².